The maximum absolute atomic E-state index is 13.1. The molecule has 0 N–H and O–H groups in total. The van der Waals surface area contributed by atoms with Crippen molar-refractivity contribution in [3.63, 3.8) is 0 Å². The number of hydrogen-bond acceptors (Lipinski definition) is 3. The van der Waals surface area contributed by atoms with Crippen molar-refractivity contribution >= 4 is 21.6 Å². The van der Waals surface area contributed by atoms with E-state index in [0.717, 1.165) is 28.9 Å². The van der Waals surface area contributed by atoms with Crippen molar-refractivity contribution in [2.45, 2.75) is 31.7 Å². The molecule has 2 aromatic rings. The first-order valence-electron chi connectivity index (χ1n) is 8.38. The maximum Gasteiger partial charge on any atom is 0.245 e. The molecule has 5 nitrogen and oxygen atoms in total. The molecule has 2 aromatic carbocycles. The molecule has 7 heteroatoms. The molecule has 1 heterocycles. The van der Waals surface area contributed by atoms with Gasteiger partial charge in [-0.1, -0.05) is 17.7 Å². The minimum absolute atomic E-state index is 0.0153. The van der Waals surface area contributed by atoms with Crippen molar-refractivity contribution in [1.29, 1.82) is 0 Å². The Labute approximate surface area is 153 Å². The number of piperazine rings is 1. The normalized spacial score (nSPS) is 19.0. The third kappa shape index (κ3) is 3.24. The molecule has 1 aliphatic rings. The van der Waals surface area contributed by atoms with E-state index < -0.39 is 21.9 Å². The standard InChI is InChI=1S/C19H21FN2O3S/c1-13-4-9-18(14(2)12-13)21-10-11-22(15(3)19(21)23)26(24,25)17-7-5-16(20)6-8-17/h4-9,12,15H,10-11H2,1-3H3/t15-/m0/s1. The highest BCUT2D eigenvalue weighted by Gasteiger charge is 2.39. The van der Waals surface area contributed by atoms with Gasteiger partial charge in [-0.05, 0) is 56.7 Å². The van der Waals surface area contributed by atoms with E-state index in [1.165, 1.54) is 16.4 Å². The number of nitrogens with zero attached hydrogens (tertiary/aromatic N) is 2. The average molecular weight is 376 g/mol. The number of carbonyl (C=O) groups is 1. The molecule has 0 spiro atoms. The second-order valence-electron chi connectivity index (χ2n) is 6.53. The highest BCUT2D eigenvalue weighted by atomic mass is 32.2. The van der Waals surface area contributed by atoms with Gasteiger partial charge in [-0.25, -0.2) is 12.8 Å². The molecule has 0 unspecified atom stereocenters. The second-order valence-corrected chi connectivity index (χ2v) is 8.42. The minimum atomic E-state index is -3.86. The first kappa shape index (κ1) is 18.5. The number of carbonyl (C=O) groups excluding carboxylic acids is 1. The SMILES string of the molecule is Cc1ccc(N2CCN(S(=O)(=O)c3ccc(F)cc3)[C@@H](C)C2=O)c(C)c1. The molecule has 0 bridgehead atoms. The molecule has 1 amide bonds. The molecule has 0 aliphatic carbocycles. The summed E-state index contributed by atoms with van der Waals surface area (Å²) in [6, 6.07) is 9.63. The summed E-state index contributed by atoms with van der Waals surface area (Å²) in [5.41, 5.74) is 2.87. The fourth-order valence-corrected chi connectivity index (χ4v) is 4.85. The number of anilines is 1. The molecule has 1 aliphatic heterocycles. The Morgan fingerprint density at radius 3 is 2.31 bits per heavy atom. The van der Waals surface area contributed by atoms with E-state index in [1.54, 1.807) is 11.8 Å². The molecule has 138 valence electrons. The van der Waals surface area contributed by atoms with Crippen LogP contribution in [0.5, 0.6) is 0 Å². The lowest BCUT2D eigenvalue weighted by Crippen LogP contribution is -2.57. The predicted molar refractivity (Wildman–Crippen MR) is 98.0 cm³/mol. The Balaban J connectivity index is 1.89. The van der Waals surface area contributed by atoms with Crippen LogP contribution in [0.2, 0.25) is 0 Å². The lowest BCUT2D eigenvalue weighted by atomic mass is 10.1. The maximum atomic E-state index is 13.1. The van der Waals surface area contributed by atoms with Crippen LogP contribution in [-0.2, 0) is 14.8 Å². The minimum Gasteiger partial charge on any atom is -0.309 e. The Morgan fingerprint density at radius 1 is 1.04 bits per heavy atom. The fourth-order valence-electron chi connectivity index (χ4n) is 3.27. The quantitative estimate of drug-likeness (QED) is 0.828. The van der Waals surface area contributed by atoms with Crippen LogP contribution in [-0.4, -0.2) is 37.8 Å². The molecular weight excluding hydrogens is 355 g/mol. The van der Waals surface area contributed by atoms with Crippen LogP contribution in [0, 0.1) is 19.7 Å². The first-order chi connectivity index (χ1) is 12.2. The Bertz CT molecular complexity index is 942. The Morgan fingerprint density at radius 2 is 1.69 bits per heavy atom. The molecule has 26 heavy (non-hydrogen) atoms. The Kier molecular flexibility index (Phi) is 4.86. The van der Waals surface area contributed by atoms with Gasteiger partial charge in [0, 0.05) is 18.8 Å². The molecular formula is C19H21FN2O3S. The van der Waals surface area contributed by atoms with E-state index in [1.807, 2.05) is 32.0 Å². The van der Waals surface area contributed by atoms with Crippen molar-refractivity contribution in [1.82, 2.24) is 4.31 Å². The van der Waals surface area contributed by atoms with E-state index in [9.17, 15) is 17.6 Å². The summed E-state index contributed by atoms with van der Waals surface area (Å²) in [5.74, 6) is -0.776. The van der Waals surface area contributed by atoms with Crippen LogP contribution in [0.3, 0.4) is 0 Å². The van der Waals surface area contributed by atoms with Gasteiger partial charge >= 0.3 is 0 Å². The van der Waals surface area contributed by atoms with Crippen LogP contribution in [0.4, 0.5) is 10.1 Å². The van der Waals surface area contributed by atoms with Crippen LogP contribution in [0.1, 0.15) is 18.1 Å². The summed E-state index contributed by atoms with van der Waals surface area (Å²) in [4.78, 5) is 14.5. The number of rotatable bonds is 3. The molecule has 0 aromatic heterocycles. The highest BCUT2D eigenvalue weighted by molar-refractivity contribution is 7.89. The van der Waals surface area contributed by atoms with Crippen LogP contribution in [0.25, 0.3) is 0 Å². The summed E-state index contributed by atoms with van der Waals surface area (Å²) in [7, 11) is -3.86. The van der Waals surface area contributed by atoms with Gasteiger partial charge in [0.25, 0.3) is 0 Å². The lowest BCUT2D eigenvalue weighted by molar-refractivity contribution is -0.123. The van der Waals surface area contributed by atoms with E-state index in [4.69, 9.17) is 0 Å². The van der Waals surface area contributed by atoms with Crippen LogP contribution >= 0.6 is 0 Å². The second kappa shape index (κ2) is 6.81. The molecule has 0 radical (unpaired) electrons. The summed E-state index contributed by atoms with van der Waals surface area (Å²) >= 11 is 0. The lowest BCUT2D eigenvalue weighted by Gasteiger charge is -2.38. The van der Waals surface area contributed by atoms with Gasteiger partial charge in [0.2, 0.25) is 15.9 Å². The topological polar surface area (TPSA) is 57.7 Å². The third-order valence-corrected chi connectivity index (χ3v) is 6.65. The molecule has 1 saturated heterocycles. The van der Waals surface area contributed by atoms with Crippen LogP contribution in [0.15, 0.2) is 47.4 Å². The van der Waals surface area contributed by atoms with Crippen molar-refractivity contribution in [3.05, 3.63) is 59.4 Å². The predicted octanol–water partition coefficient (Wildman–Crippen LogP) is 2.87. The van der Waals surface area contributed by atoms with Gasteiger partial charge in [0.05, 0.1) is 4.90 Å². The highest BCUT2D eigenvalue weighted by Crippen LogP contribution is 2.28. The number of amides is 1. The summed E-state index contributed by atoms with van der Waals surface area (Å²) in [5, 5.41) is 0. The third-order valence-electron chi connectivity index (χ3n) is 4.66. The smallest absolute Gasteiger partial charge is 0.245 e. The van der Waals surface area contributed by atoms with E-state index >= 15 is 0 Å². The fraction of sp³-hybridized carbons (Fsp3) is 0.316. The van der Waals surface area contributed by atoms with Crippen LogP contribution < -0.4 is 4.90 Å². The van der Waals surface area contributed by atoms with Gasteiger partial charge < -0.3 is 4.90 Å². The van der Waals surface area contributed by atoms with Gasteiger partial charge in [0.1, 0.15) is 11.9 Å². The summed E-state index contributed by atoms with van der Waals surface area (Å²) in [6.45, 7) is 5.95. The largest absolute Gasteiger partial charge is 0.309 e. The average Bonchev–Trinajstić information content (AvgIpc) is 2.58. The van der Waals surface area contributed by atoms with Crippen molar-refractivity contribution < 1.29 is 17.6 Å². The number of benzene rings is 2. The zero-order chi connectivity index (χ0) is 19.1. The number of sulfonamides is 1. The van der Waals surface area contributed by atoms with Crippen molar-refractivity contribution in [2.24, 2.45) is 0 Å². The van der Waals surface area contributed by atoms with Gasteiger partial charge in [-0.15, -0.1) is 0 Å². The number of aryl methyl sites for hydroxylation is 2. The van der Waals surface area contributed by atoms with Crippen molar-refractivity contribution in [2.75, 3.05) is 18.0 Å². The summed E-state index contributed by atoms with van der Waals surface area (Å²) in [6.07, 6.45) is 0. The van der Waals surface area contributed by atoms with Gasteiger partial charge in [-0.3, -0.25) is 4.79 Å². The van der Waals surface area contributed by atoms with Crippen molar-refractivity contribution in [3.8, 4) is 0 Å². The monoisotopic (exact) mass is 376 g/mol. The molecule has 1 atom stereocenters. The molecule has 1 fully saturated rings. The number of halogens is 1. The van der Waals surface area contributed by atoms with E-state index in [2.05, 4.69) is 0 Å². The van der Waals surface area contributed by atoms with Gasteiger partial charge in [-0.2, -0.15) is 4.31 Å². The molecule has 0 saturated carbocycles. The van der Waals surface area contributed by atoms with Gasteiger partial charge in [0.15, 0.2) is 0 Å². The molecule has 3 rings (SSSR count). The van der Waals surface area contributed by atoms with E-state index in [0.29, 0.717) is 0 Å². The first-order valence-corrected chi connectivity index (χ1v) is 9.82. The summed E-state index contributed by atoms with van der Waals surface area (Å²) < 4.78 is 40.0. The number of hydrogen-bond donors (Lipinski definition) is 0. The zero-order valence-corrected chi connectivity index (χ0v) is 15.8. The Hall–Kier alpha value is -2.25. The van der Waals surface area contributed by atoms with E-state index in [-0.39, 0.29) is 23.9 Å². The zero-order valence-electron chi connectivity index (χ0n) is 14.9.